The number of aliphatic hydroxyl groups is 1. The van der Waals surface area contributed by atoms with Gasteiger partial charge in [0.05, 0.1) is 0 Å². The predicted octanol–water partition coefficient (Wildman–Crippen LogP) is 3.25. The molecule has 64 valence electrons. The second-order valence-corrected chi connectivity index (χ2v) is 3.15. The van der Waals surface area contributed by atoms with Crippen molar-refractivity contribution in [1.29, 1.82) is 0 Å². The van der Waals surface area contributed by atoms with Crippen molar-refractivity contribution in [2.45, 2.75) is 33.1 Å². The molecule has 0 amide bonds. The van der Waals surface area contributed by atoms with Crippen LogP contribution in [0.3, 0.4) is 0 Å². The quantitative estimate of drug-likeness (QED) is 0.507. The molecule has 0 heterocycles. The molecule has 0 aromatic heterocycles. The number of aliphatic hydroxyl groups excluding tert-OH is 1. The molecule has 0 aliphatic heterocycles. The van der Waals surface area contributed by atoms with Crippen LogP contribution >= 0.6 is 12.2 Å². The van der Waals surface area contributed by atoms with E-state index in [1.165, 1.54) is 6.42 Å². The van der Waals surface area contributed by atoms with Crippen LogP contribution in [0.25, 0.3) is 0 Å². The number of hydrogen-bond acceptors (Lipinski definition) is 1. The monoisotopic (exact) mass is 172 g/mol. The molecule has 1 N–H and O–H groups in total. The molecule has 1 nitrogen and oxygen atoms in total. The van der Waals surface area contributed by atoms with Gasteiger partial charge < -0.3 is 5.11 Å². The molecular weight excluding hydrogens is 156 g/mol. The normalized spacial score (nSPS) is 13.6. The van der Waals surface area contributed by atoms with E-state index in [9.17, 15) is 0 Å². The zero-order chi connectivity index (χ0) is 8.69. The number of unbranched alkanes of at least 4 members (excludes halogenated alkanes) is 1. The number of allylic oxidation sites excluding steroid dienone is 2. The van der Waals surface area contributed by atoms with Gasteiger partial charge in [0.1, 0.15) is 0 Å². The first-order valence-electron chi connectivity index (χ1n) is 4.06. The van der Waals surface area contributed by atoms with E-state index >= 15 is 0 Å². The first-order chi connectivity index (χ1) is 5.18. The fourth-order valence-electron chi connectivity index (χ4n) is 0.686. The van der Waals surface area contributed by atoms with Crippen molar-refractivity contribution in [2.75, 3.05) is 0 Å². The van der Waals surface area contributed by atoms with Gasteiger partial charge in [0.25, 0.3) is 0 Å². The van der Waals surface area contributed by atoms with E-state index in [-0.39, 0.29) is 11.0 Å². The Morgan fingerprint density at radius 1 is 1.55 bits per heavy atom. The van der Waals surface area contributed by atoms with Crippen molar-refractivity contribution in [1.82, 2.24) is 0 Å². The van der Waals surface area contributed by atoms with Gasteiger partial charge in [-0.2, -0.15) is 0 Å². The molecule has 0 bridgehead atoms. The van der Waals surface area contributed by atoms with Gasteiger partial charge in [0, 0.05) is 5.92 Å². The van der Waals surface area contributed by atoms with Crippen LogP contribution in [-0.2, 0) is 0 Å². The zero-order valence-corrected chi connectivity index (χ0v) is 8.03. The molecule has 0 aliphatic rings. The van der Waals surface area contributed by atoms with Gasteiger partial charge in [-0.1, -0.05) is 32.4 Å². The lowest BCUT2D eigenvalue weighted by molar-refractivity contribution is 0.511. The predicted molar refractivity (Wildman–Crippen MR) is 53.1 cm³/mol. The van der Waals surface area contributed by atoms with Crippen LogP contribution in [0, 0.1) is 5.92 Å². The Hall–Kier alpha value is -0.370. The maximum Gasteiger partial charge on any atom is 0.159 e. The molecule has 0 rings (SSSR count). The smallest absolute Gasteiger partial charge is 0.159 e. The summed E-state index contributed by atoms with van der Waals surface area (Å²) in [5.74, 6) is 0.123. The van der Waals surface area contributed by atoms with E-state index in [1.807, 2.05) is 6.92 Å². The van der Waals surface area contributed by atoms with Crippen molar-refractivity contribution < 1.29 is 5.11 Å². The third-order valence-electron chi connectivity index (χ3n) is 1.53. The number of rotatable bonds is 5. The van der Waals surface area contributed by atoms with Crippen molar-refractivity contribution in [3.63, 3.8) is 0 Å². The lowest BCUT2D eigenvalue weighted by atomic mass is 10.1. The van der Waals surface area contributed by atoms with Gasteiger partial charge in [-0.25, -0.2) is 0 Å². The fourth-order valence-corrected chi connectivity index (χ4v) is 0.782. The van der Waals surface area contributed by atoms with Crippen LogP contribution in [0.1, 0.15) is 33.1 Å². The highest BCUT2D eigenvalue weighted by atomic mass is 32.1. The van der Waals surface area contributed by atoms with Gasteiger partial charge in [-0.3, -0.25) is 0 Å². The molecule has 0 saturated heterocycles. The summed E-state index contributed by atoms with van der Waals surface area (Å²) in [6, 6.07) is 0. The topological polar surface area (TPSA) is 20.2 Å². The van der Waals surface area contributed by atoms with Crippen LogP contribution in [0.15, 0.2) is 12.2 Å². The molecule has 2 heteroatoms. The molecule has 0 spiro atoms. The third kappa shape index (κ3) is 6.05. The summed E-state index contributed by atoms with van der Waals surface area (Å²) in [5.41, 5.74) is 0. The van der Waals surface area contributed by atoms with E-state index in [0.717, 1.165) is 12.8 Å². The minimum atomic E-state index is 0.117. The molecule has 0 aliphatic carbocycles. The Morgan fingerprint density at radius 3 is 2.64 bits per heavy atom. The summed E-state index contributed by atoms with van der Waals surface area (Å²) in [6.45, 7) is 4.07. The number of hydrogen-bond donors (Lipinski definition) is 1. The average molecular weight is 172 g/mol. The van der Waals surface area contributed by atoms with Crippen LogP contribution in [0.5, 0.6) is 0 Å². The summed E-state index contributed by atoms with van der Waals surface area (Å²) in [5, 5.41) is 8.99. The number of thiocarbonyl (C=S) groups is 1. The Morgan fingerprint density at radius 2 is 2.18 bits per heavy atom. The molecule has 1 unspecified atom stereocenters. The molecular formula is C9H16OS. The average Bonchev–Trinajstić information content (AvgIpc) is 1.97. The summed E-state index contributed by atoms with van der Waals surface area (Å²) in [6.07, 6.45) is 7.36. The Labute approximate surface area is 74.1 Å². The maximum atomic E-state index is 8.88. The summed E-state index contributed by atoms with van der Waals surface area (Å²) < 4.78 is 0. The van der Waals surface area contributed by atoms with E-state index in [0.29, 0.717) is 0 Å². The van der Waals surface area contributed by atoms with E-state index in [4.69, 9.17) is 5.11 Å². The molecule has 0 fully saturated rings. The highest BCUT2D eigenvalue weighted by molar-refractivity contribution is 7.80. The summed E-state index contributed by atoms with van der Waals surface area (Å²) >= 11 is 4.62. The van der Waals surface area contributed by atoms with Crippen LogP contribution in [0.4, 0.5) is 0 Å². The standard InChI is InChI=1S/C9H16OS/c1-3-4-5-6-7-8(2)9(10)11/h5-6,8H,3-4,7H2,1-2H3,(H,10,11). The second-order valence-electron chi connectivity index (χ2n) is 2.74. The zero-order valence-electron chi connectivity index (χ0n) is 7.21. The fraction of sp³-hybridized carbons (Fsp3) is 0.667. The van der Waals surface area contributed by atoms with Crippen molar-refractivity contribution in [3.05, 3.63) is 12.2 Å². The van der Waals surface area contributed by atoms with Gasteiger partial charge in [0.15, 0.2) is 5.05 Å². The molecule has 1 atom stereocenters. The maximum absolute atomic E-state index is 8.88. The summed E-state index contributed by atoms with van der Waals surface area (Å²) in [7, 11) is 0. The minimum absolute atomic E-state index is 0.117. The first kappa shape index (κ1) is 10.6. The van der Waals surface area contributed by atoms with Crippen molar-refractivity contribution in [2.24, 2.45) is 5.92 Å². The molecule has 0 saturated carbocycles. The Kier molecular flexibility index (Phi) is 6.13. The van der Waals surface area contributed by atoms with Crippen LogP contribution in [0.2, 0.25) is 0 Å². The molecule has 0 radical (unpaired) electrons. The lowest BCUT2D eigenvalue weighted by Gasteiger charge is -2.02. The summed E-state index contributed by atoms with van der Waals surface area (Å²) in [4.78, 5) is 0. The molecule has 0 aromatic rings. The van der Waals surface area contributed by atoms with Gasteiger partial charge in [-0.05, 0) is 25.1 Å². The minimum Gasteiger partial charge on any atom is -0.502 e. The van der Waals surface area contributed by atoms with Gasteiger partial charge in [0.2, 0.25) is 0 Å². The van der Waals surface area contributed by atoms with Crippen LogP contribution in [-0.4, -0.2) is 10.2 Å². The van der Waals surface area contributed by atoms with Crippen molar-refractivity contribution in [3.8, 4) is 0 Å². The van der Waals surface area contributed by atoms with E-state index in [1.54, 1.807) is 0 Å². The first-order valence-corrected chi connectivity index (χ1v) is 4.47. The molecule has 11 heavy (non-hydrogen) atoms. The van der Waals surface area contributed by atoms with Gasteiger partial charge in [-0.15, -0.1) is 0 Å². The van der Waals surface area contributed by atoms with Crippen molar-refractivity contribution >= 4 is 17.3 Å². The highest BCUT2D eigenvalue weighted by Crippen LogP contribution is 2.04. The lowest BCUT2D eigenvalue weighted by Crippen LogP contribution is -2.05. The largest absolute Gasteiger partial charge is 0.502 e. The molecule has 0 aromatic carbocycles. The van der Waals surface area contributed by atoms with E-state index in [2.05, 4.69) is 31.3 Å². The SMILES string of the molecule is CCCC=CCC(C)C(O)=S. The highest BCUT2D eigenvalue weighted by Gasteiger charge is 2.02. The van der Waals surface area contributed by atoms with E-state index < -0.39 is 0 Å². The Bertz CT molecular complexity index is 140. The third-order valence-corrected chi connectivity index (χ3v) is 1.94. The van der Waals surface area contributed by atoms with Gasteiger partial charge >= 0.3 is 0 Å². The Balaban J connectivity index is 3.44. The van der Waals surface area contributed by atoms with Crippen LogP contribution < -0.4 is 0 Å². The second kappa shape index (κ2) is 6.35.